The minimum absolute atomic E-state index is 0. The molecule has 86 valence electrons. The van der Waals surface area contributed by atoms with E-state index in [4.69, 9.17) is 0 Å². The molecule has 0 aliphatic carbocycles. The Kier molecular flexibility index (Phi) is 7.44. The standard InChI is InChI=1S/C12H17P.2ClH/c1-11-7-8-13(9-11)10-12-5-3-2-4-6-12;;/h2-6,9,11,13H,7-8,10H2,1H3;2*1H. The first-order valence-corrected chi connectivity index (χ1v) is 7.07. The summed E-state index contributed by atoms with van der Waals surface area (Å²) in [5, 5.41) is 0. The molecule has 0 spiro atoms. The highest BCUT2D eigenvalue weighted by Gasteiger charge is 2.09. The van der Waals surface area contributed by atoms with Crippen LogP contribution in [-0.4, -0.2) is 12.0 Å². The highest BCUT2D eigenvalue weighted by Crippen LogP contribution is 2.36. The summed E-state index contributed by atoms with van der Waals surface area (Å²) in [6.07, 6.45) is 4.26. The summed E-state index contributed by atoms with van der Waals surface area (Å²) in [5.41, 5.74) is 1.53. The van der Waals surface area contributed by atoms with Gasteiger partial charge in [-0.2, -0.15) is 0 Å². The molecule has 2 rings (SSSR count). The number of hydrogen-bond acceptors (Lipinski definition) is 0. The average Bonchev–Trinajstić information content (AvgIpc) is 2.53. The SMILES string of the molecule is CC1C=[PH](Cc2ccccc2)CC1.Cl.Cl. The van der Waals surface area contributed by atoms with Crippen molar-refractivity contribution in [2.45, 2.75) is 19.5 Å². The Hall–Kier alpha value is 0.1000. The Balaban J connectivity index is 0.000000980. The Morgan fingerprint density at radius 3 is 2.40 bits per heavy atom. The van der Waals surface area contributed by atoms with Crippen molar-refractivity contribution >= 4 is 38.2 Å². The maximum Gasteiger partial charge on any atom is -0.0102 e. The monoisotopic (exact) mass is 264 g/mol. The van der Waals surface area contributed by atoms with Crippen molar-refractivity contribution in [2.75, 3.05) is 6.16 Å². The molecule has 3 heteroatoms. The van der Waals surface area contributed by atoms with E-state index in [1.54, 1.807) is 0 Å². The van der Waals surface area contributed by atoms with Crippen LogP contribution >= 0.6 is 32.4 Å². The fourth-order valence-electron chi connectivity index (χ4n) is 1.99. The van der Waals surface area contributed by atoms with Gasteiger partial charge in [0.1, 0.15) is 0 Å². The summed E-state index contributed by atoms with van der Waals surface area (Å²) < 4.78 is 0. The Bertz CT molecular complexity index is 309. The van der Waals surface area contributed by atoms with Gasteiger partial charge in [0.2, 0.25) is 0 Å². The van der Waals surface area contributed by atoms with Gasteiger partial charge in [0.15, 0.2) is 0 Å². The van der Waals surface area contributed by atoms with E-state index in [1.807, 2.05) is 0 Å². The van der Waals surface area contributed by atoms with Crippen molar-refractivity contribution in [1.82, 2.24) is 0 Å². The smallest absolute Gasteiger partial charge is 0.0102 e. The predicted octanol–water partition coefficient (Wildman–Crippen LogP) is 4.09. The summed E-state index contributed by atoms with van der Waals surface area (Å²) in [5.74, 6) is 3.51. The lowest BCUT2D eigenvalue weighted by molar-refractivity contribution is 0.781. The zero-order chi connectivity index (χ0) is 9.10. The van der Waals surface area contributed by atoms with E-state index in [0.717, 1.165) is 5.92 Å². The Labute approximate surface area is 106 Å². The molecule has 1 aromatic carbocycles. The second-order valence-corrected chi connectivity index (χ2v) is 6.51. The molecule has 2 atom stereocenters. The molecular formula is C12H19Cl2P. The maximum absolute atomic E-state index is 2.62. The van der Waals surface area contributed by atoms with Gasteiger partial charge in [0.05, 0.1) is 0 Å². The minimum Gasteiger partial charge on any atom is -0.147 e. The van der Waals surface area contributed by atoms with Gasteiger partial charge in [-0.15, -0.1) is 32.4 Å². The van der Waals surface area contributed by atoms with Crippen LogP contribution in [0.5, 0.6) is 0 Å². The third-order valence-corrected chi connectivity index (χ3v) is 5.55. The van der Waals surface area contributed by atoms with Crippen LogP contribution in [0.1, 0.15) is 18.9 Å². The summed E-state index contributed by atoms with van der Waals surface area (Å²) in [6, 6.07) is 10.9. The van der Waals surface area contributed by atoms with E-state index in [2.05, 4.69) is 43.1 Å². The first-order chi connectivity index (χ1) is 6.34. The summed E-state index contributed by atoms with van der Waals surface area (Å²) >= 11 is 0. The molecule has 0 saturated carbocycles. The average molecular weight is 265 g/mol. The first-order valence-electron chi connectivity index (χ1n) is 5.08. The molecule has 15 heavy (non-hydrogen) atoms. The van der Waals surface area contributed by atoms with E-state index in [1.165, 1.54) is 24.3 Å². The molecule has 2 unspecified atom stereocenters. The van der Waals surface area contributed by atoms with Crippen LogP contribution in [0.4, 0.5) is 0 Å². The van der Waals surface area contributed by atoms with Crippen molar-refractivity contribution in [2.24, 2.45) is 5.92 Å². The fraction of sp³-hybridized carbons (Fsp3) is 0.417. The van der Waals surface area contributed by atoms with Crippen LogP contribution in [0.25, 0.3) is 0 Å². The van der Waals surface area contributed by atoms with Crippen LogP contribution in [0.15, 0.2) is 30.3 Å². The minimum atomic E-state index is -0.138. The maximum atomic E-state index is 2.62. The van der Waals surface area contributed by atoms with Gasteiger partial charge < -0.3 is 0 Å². The number of hydrogen-bond donors (Lipinski definition) is 0. The molecule has 0 nitrogen and oxygen atoms in total. The molecule has 0 saturated heterocycles. The molecule has 0 bridgehead atoms. The van der Waals surface area contributed by atoms with E-state index in [0.29, 0.717) is 0 Å². The zero-order valence-electron chi connectivity index (χ0n) is 8.98. The third kappa shape index (κ3) is 4.64. The van der Waals surface area contributed by atoms with Gasteiger partial charge in [0, 0.05) is 0 Å². The number of rotatable bonds is 2. The van der Waals surface area contributed by atoms with Crippen molar-refractivity contribution in [3.8, 4) is 0 Å². The van der Waals surface area contributed by atoms with Crippen LogP contribution in [0.2, 0.25) is 0 Å². The van der Waals surface area contributed by atoms with E-state index < -0.39 is 0 Å². The van der Waals surface area contributed by atoms with Crippen molar-refractivity contribution in [1.29, 1.82) is 0 Å². The third-order valence-electron chi connectivity index (χ3n) is 2.72. The zero-order valence-corrected chi connectivity index (χ0v) is 11.6. The van der Waals surface area contributed by atoms with Crippen molar-refractivity contribution in [3.63, 3.8) is 0 Å². The lowest BCUT2D eigenvalue weighted by atomic mass is 10.2. The van der Waals surface area contributed by atoms with E-state index in [-0.39, 0.29) is 32.4 Å². The van der Waals surface area contributed by atoms with Gasteiger partial charge in [-0.05, 0) is 30.2 Å². The normalized spacial score (nSPS) is 23.5. The lowest BCUT2D eigenvalue weighted by Crippen LogP contribution is -1.85. The molecule has 0 amide bonds. The predicted molar refractivity (Wildman–Crippen MR) is 77.7 cm³/mol. The van der Waals surface area contributed by atoms with Gasteiger partial charge in [0.25, 0.3) is 0 Å². The molecule has 1 aliphatic heterocycles. The number of halogens is 2. The van der Waals surface area contributed by atoms with E-state index >= 15 is 0 Å². The van der Waals surface area contributed by atoms with Gasteiger partial charge in [-0.3, -0.25) is 0 Å². The molecule has 0 radical (unpaired) electrons. The number of benzene rings is 1. The summed E-state index contributed by atoms with van der Waals surface area (Å²) in [6.45, 7) is 2.35. The van der Waals surface area contributed by atoms with Crippen molar-refractivity contribution in [3.05, 3.63) is 35.9 Å². The van der Waals surface area contributed by atoms with Crippen LogP contribution in [0.3, 0.4) is 0 Å². The van der Waals surface area contributed by atoms with Crippen molar-refractivity contribution < 1.29 is 0 Å². The summed E-state index contributed by atoms with van der Waals surface area (Å²) in [7, 11) is -0.138. The summed E-state index contributed by atoms with van der Waals surface area (Å²) in [4.78, 5) is 0. The fourth-order valence-corrected chi connectivity index (χ4v) is 5.01. The second kappa shape index (κ2) is 7.39. The lowest BCUT2D eigenvalue weighted by Gasteiger charge is -2.01. The first kappa shape index (κ1) is 15.1. The van der Waals surface area contributed by atoms with Gasteiger partial charge >= 0.3 is 0 Å². The van der Waals surface area contributed by atoms with Crippen LogP contribution < -0.4 is 0 Å². The molecule has 1 aromatic rings. The largest absolute Gasteiger partial charge is 0.147 e. The Morgan fingerprint density at radius 1 is 1.20 bits per heavy atom. The molecule has 0 N–H and O–H groups in total. The van der Waals surface area contributed by atoms with Crippen LogP contribution in [-0.2, 0) is 6.16 Å². The van der Waals surface area contributed by atoms with Gasteiger partial charge in [-0.1, -0.05) is 43.1 Å². The Morgan fingerprint density at radius 2 is 1.87 bits per heavy atom. The molecule has 0 aromatic heterocycles. The van der Waals surface area contributed by atoms with E-state index in [9.17, 15) is 0 Å². The molecule has 1 aliphatic rings. The molecule has 1 heterocycles. The second-order valence-electron chi connectivity index (χ2n) is 4.00. The highest BCUT2D eigenvalue weighted by molar-refractivity contribution is 7.56. The molecule has 0 fully saturated rings. The van der Waals surface area contributed by atoms with Gasteiger partial charge in [-0.25, -0.2) is 0 Å². The highest BCUT2D eigenvalue weighted by atomic mass is 35.5. The van der Waals surface area contributed by atoms with Crippen LogP contribution in [0, 0.1) is 5.92 Å². The quantitative estimate of drug-likeness (QED) is 0.706. The molecular weight excluding hydrogens is 246 g/mol. The topological polar surface area (TPSA) is 0 Å².